The Balaban J connectivity index is 2.41. The first-order chi connectivity index (χ1) is 8.22. The number of nitrogens with zero attached hydrogens (tertiary/aromatic N) is 1. The summed E-state index contributed by atoms with van der Waals surface area (Å²) in [7, 11) is -3.18. The van der Waals surface area contributed by atoms with Crippen molar-refractivity contribution in [1.29, 1.82) is 0 Å². The molecule has 0 aromatic carbocycles. The molecule has 0 fully saturated rings. The molecular formula is C11H21N3O2S2. The third-order valence-electron chi connectivity index (χ3n) is 2.24. The SMILES string of the molecule is CCc1nc(CNCC(C)(C)NS(C)(=O)=O)cs1. The van der Waals surface area contributed by atoms with Gasteiger partial charge in [0.15, 0.2) is 0 Å². The first-order valence-electron chi connectivity index (χ1n) is 5.85. The van der Waals surface area contributed by atoms with E-state index in [1.807, 2.05) is 19.2 Å². The van der Waals surface area contributed by atoms with Gasteiger partial charge in [-0.25, -0.2) is 18.1 Å². The molecule has 104 valence electrons. The van der Waals surface area contributed by atoms with Crippen LogP contribution in [-0.4, -0.2) is 31.7 Å². The van der Waals surface area contributed by atoms with Crippen LogP contribution < -0.4 is 10.0 Å². The smallest absolute Gasteiger partial charge is 0.209 e. The highest BCUT2D eigenvalue weighted by Crippen LogP contribution is 2.10. The van der Waals surface area contributed by atoms with Crippen LogP contribution in [0, 0.1) is 0 Å². The van der Waals surface area contributed by atoms with Crippen molar-refractivity contribution in [3.05, 3.63) is 16.1 Å². The lowest BCUT2D eigenvalue weighted by molar-refractivity contribution is 0.420. The highest BCUT2D eigenvalue weighted by Gasteiger charge is 2.21. The molecule has 7 heteroatoms. The number of aryl methyl sites for hydroxylation is 1. The average molecular weight is 291 g/mol. The molecule has 0 radical (unpaired) electrons. The van der Waals surface area contributed by atoms with Crippen molar-refractivity contribution >= 4 is 21.4 Å². The second kappa shape index (κ2) is 6.10. The van der Waals surface area contributed by atoms with Crippen LogP contribution in [0.2, 0.25) is 0 Å². The molecule has 1 aromatic heterocycles. The van der Waals surface area contributed by atoms with Crippen LogP contribution in [0.3, 0.4) is 0 Å². The largest absolute Gasteiger partial charge is 0.309 e. The van der Waals surface area contributed by atoms with Gasteiger partial charge in [0.25, 0.3) is 0 Å². The monoisotopic (exact) mass is 291 g/mol. The van der Waals surface area contributed by atoms with Crippen LogP contribution in [0.4, 0.5) is 0 Å². The Hall–Kier alpha value is -0.500. The third-order valence-corrected chi connectivity index (χ3v) is 4.20. The maximum atomic E-state index is 11.2. The van der Waals surface area contributed by atoms with Crippen LogP contribution in [-0.2, 0) is 23.0 Å². The molecule has 0 saturated carbocycles. The van der Waals surface area contributed by atoms with E-state index in [2.05, 4.69) is 21.9 Å². The van der Waals surface area contributed by atoms with E-state index >= 15 is 0 Å². The van der Waals surface area contributed by atoms with Crippen LogP contribution in [0.1, 0.15) is 31.5 Å². The van der Waals surface area contributed by atoms with Crippen molar-refractivity contribution in [2.24, 2.45) is 0 Å². The van der Waals surface area contributed by atoms with Gasteiger partial charge in [-0.15, -0.1) is 11.3 Å². The zero-order valence-electron chi connectivity index (χ0n) is 11.3. The minimum absolute atomic E-state index is 0.503. The Morgan fingerprint density at radius 3 is 2.61 bits per heavy atom. The number of hydrogen-bond acceptors (Lipinski definition) is 5. The lowest BCUT2D eigenvalue weighted by Crippen LogP contribution is -2.49. The molecular weight excluding hydrogens is 270 g/mol. The Morgan fingerprint density at radius 1 is 1.44 bits per heavy atom. The molecule has 0 saturated heterocycles. The summed E-state index contributed by atoms with van der Waals surface area (Å²) in [5.74, 6) is 0. The predicted molar refractivity (Wildman–Crippen MR) is 75.3 cm³/mol. The molecule has 1 aromatic rings. The van der Waals surface area contributed by atoms with Gasteiger partial charge in [-0.3, -0.25) is 0 Å². The maximum Gasteiger partial charge on any atom is 0.209 e. The van der Waals surface area contributed by atoms with E-state index in [1.165, 1.54) is 6.26 Å². The Kier molecular flexibility index (Phi) is 5.27. The van der Waals surface area contributed by atoms with Gasteiger partial charge < -0.3 is 5.32 Å². The molecule has 1 heterocycles. The number of hydrogen-bond donors (Lipinski definition) is 2. The standard InChI is InChI=1S/C11H21N3O2S2/c1-5-10-13-9(7-17-10)6-12-8-11(2,3)14-18(4,15)16/h7,12,14H,5-6,8H2,1-4H3. The summed E-state index contributed by atoms with van der Waals surface area (Å²) in [6, 6.07) is 0. The van der Waals surface area contributed by atoms with Crippen LogP contribution in [0.15, 0.2) is 5.38 Å². The molecule has 0 unspecified atom stereocenters. The molecule has 0 spiro atoms. The fourth-order valence-electron chi connectivity index (χ4n) is 1.63. The quantitative estimate of drug-likeness (QED) is 0.790. The van der Waals surface area contributed by atoms with E-state index in [0.717, 1.165) is 17.1 Å². The van der Waals surface area contributed by atoms with Crippen molar-refractivity contribution in [3.8, 4) is 0 Å². The fraction of sp³-hybridized carbons (Fsp3) is 0.727. The molecule has 5 nitrogen and oxygen atoms in total. The second-order valence-electron chi connectivity index (χ2n) is 4.95. The molecule has 0 aliphatic rings. The van der Waals surface area contributed by atoms with Gasteiger partial charge in [0, 0.05) is 24.0 Å². The van der Waals surface area contributed by atoms with Gasteiger partial charge >= 0.3 is 0 Å². The van der Waals surface area contributed by atoms with Crippen molar-refractivity contribution < 1.29 is 8.42 Å². The number of rotatable bonds is 7. The molecule has 0 amide bonds. The van der Waals surface area contributed by atoms with E-state index in [9.17, 15) is 8.42 Å². The predicted octanol–water partition coefficient (Wildman–Crippen LogP) is 1.12. The summed E-state index contributed by atoms with van der Waals surface area (Å²) in [5, 5.41) is 6.38. The maximum absolute atomic E-state index is 11.2. The van der Waals surface area contributed by atoms with E-state index in [-0.39, 0.29) is 0 Å². The molecule has 2 N–H and O–H groups in total. The third kappa shape index (κ3) is 5.90. The normalized spacial score (nSPS) is 12.9. The zero-order valence-corrected chi connectivity index (χ0v) is 12.9. The van der Waals surface area contributed by atoms with Gasteiger partial charge in [0.05, 0.1) is 17.0 Å². The number of sulfonamides is 1. The van der Waals surface area contributed by atoms with E-state index in [4.69, 9.17) is 0 Å². The molecule has 0 atom stereocenters. The highest BCUT2D eigenvalue weighted by molar-refractivity contribution is 7.88. The summed E-state index contributed by atoms with van der Waals surface area (Å²) < 4.78 is 24.9. The van der Waals surface area contributed by atoms with Gasteiger partial charge in [0.1, 0.15) is 0 Å². The second-order valence-corrected chi connectivity index (χ2v) is 7.64. The first-order valence-corrected chi connectivity index (χ1v) is 8.62. The van der Waals surface area contributed by atoms with Gasteiger partial charge in [-0.05, 0) is 20.3 Å². The van der Waals surface area contributed by atoms with E-state index < -0.39 is 15.6 Å². The van der Waals surface area contributed by atoms with Gasteiger partial charge in [0.2, 0.25) is 10.0 Å². The van der Waals surface area contributed by atoms with Crippen LogP contribution >= 0.6 is 11.3 Å². The minimum Gasteiger partial charge on any atom is -0.309 e. The van der Waals surface area contributed by atoms with Crippen molar-refractivity contribution in [3.63, 3.8) is 0 Å². The first kappa shape index (κ1) is 15.6. The zero-order chi connectivity index (χ0) is 13.8. The van der Waals surface area contributed by atoms with E-state index in [0.29, 0.717) is 13.1 Å². The highest BCUT2D eigenvalue weighted by atomic mass is 32.2. The summed E-state index contributed by atoms with van der Waals surface area (Å²) in [4.78, 5) is 4.44. The van der Waals surface area contributed by atoms with E-state index in [1.54, 1.807) is 11.3 Å². The number of nitrogens with one attached hydrogen (secondary N) is 2. The summed E-state index contributed by atoms with van der Waals surface area (Å²) in [6.45, 7) is 6.98. The van der Waals surface area contributed by atoms with Crippen molar-refractivity contribution in [2.75, 3.05) is 12.8 Å². The van der Waals surface area contributed by atoms with Crippen molar-refractivity contribution in [1.82, 2.24) is 15.0 Å². The number of aromatic nitrogens is 1. The van der Waals surface area contributed by atoms with Crippen LogP contribution in [0.5, 0.6) is 0 Å². The fourth-order valence-corrected chi connectivity index (χ4v) is 3.45. The summed E-state index contributed by atoms with van der Waals surface area (Å²) in [5.41, 5.74) is 0.504. The summed E-state index contributed by atoms with van der Waals surface area (Å²) in [6.07, 6.45) is 2.12. The molecule has 1 rings (SSSR count). The number of thiazole rings is 1. The lowest BCUT2D eigenvalue weighted by atomic mass is 10.1. The Bertz CT molecular complexity index is 480. The van der Waals surface area contributed by atoms with Gasteiger partial charge in [-0.1, -0.05) is 6.92 Å². The topological polar surface area (TPSA) is 71.1 Å². The van der Waals surface area contributed by atoms with Crippen molar-refractivity contribution in [2.45, 2.75) is 39.3 Å². The Labute approximate surface area is 113 Å². The molecule has 0 aliphatic heterocycles. The van der Waals surface area contributed by atoms with Crippen LogP contribution in [0.25, 0.3) is 0 Å². The minimum atomic E-state index is -3.18. The van der Waals surface area contributed by atoms with Gasteiger partial charge in [-0.2, -0.15) is 0 Å². The molecule has 0 bridgehead atoms. The molecule has 0 aliphatic carbocycles. The average Bonchev–Trinajstić information content (AvgIpc) is 2.61. The lowest BCUT2D eigenvalue weighted by Gasteiger charge is -2.25. The Morgan fingerprint density at radius 2 is 2.11 bits per heavy atom. The summed E-state index contributed by atoms with van der Waals surface area (Å²) >= 11 is 1.65. The molecule has 18 heavy (non-hydrogen) atoms.